The van der Waals surface area contributed by atoms with Crippen LogP contribution >= 0.6 is 11.6 Å². The van der Waals surface area contributed by atoms with Gasteiger partial charge in [0.25, 0.3) is 0 Å². The molecule has 0 aliphatic rings. The topological polar surface area (TPSA) is 0 Å². The van der Waals surface area contributed by atoms with Crippen LogP contribution < -0.4 is 0 Å². The molecule has 23 heavy (non-hydrogen) atoms. The van der Waals surface area contributed by atoms with Crippen LogP contribution in [0.5, 0.6) is 0 Å². The highest BCUT2D eigenvalue weighted by Crippen LogP contribution is 2.35. The molecule has 0 aliphatic heterocycles. The molecule has 0 aliphatic carbocycles. The first kappa shape index (κ1) is 14.2. The quantitative estimate of drug-likeness (QED) is 0.346. The maximum atomic E-state index is 14.0. The fraction of sp³-hybridized carbons (Fsp3) is 0. The second-order valence-electron chi connectivity index (χ2n) is 5.47. The number of benzene rings is 4. The Bertz CT molecular complexity index is 1050. The highest BCUT2D eigenvalue weighted by molar-refractivity contribution is 6.33. The van der Waals surface area contributed by atoms with Gasteiger partial charge in [-0.2, -0.15) is 0 Å². The van der Waals surface area contributed by atoms with Crippen LogP contribution in [0.2, 0.25) is 5.02 Å². The lowest BCUT2D eigenvalue weighted by atomic mass is 9.95. The first-order valence-electron chi connectivity index (χ1n) is 7.20. The van der Waals surface area contributed by atoms with Gasteiger partial charge in [0.15, 0.2) is 0 Å². The van der Waals surface area contributed by atoms with Crippen LogP contribution in [0, 0.1) is 11.6 Å². The van der Waals surface area contributed by atoms with E-state index < -0.39 is 11.6 Å². The number of halogens is 3. The maximum Gasteiger partial charge on any atom is 0.133 e. The van der Waals surface area contributed by atoms with Gasteiger partial charge in [-0.3, -0.25) is 0 Å². The second-order valence-corrected chi connectivity index (χ2v) is 5.87. The number of fused-ring (bicyclic) bond motifs is 2. The van der Waals surface area contributed by atoms with Crippen LogP contribution in [-0.2, 0) is 0 Å². The minimum atomic E-state index is -0.579. The van der Waals surface area contributed by atoms with E-state index in [-0.39, 0.29) is 0 Å². The van der Waals surface area contributed by atoms with Gasteiger partial charge in [0.1, 0.15) is 11.6 Å². The van der Waals surface area contributed by atoms with Crippen LogP contribution in [-0.4, -0.2) is 0 Å². The minimum Gasteiger partial charge on any atom is -0.207 e. The van der Waals surface area contributed by atoms with Crippen LogP contribution in [0.4, 0.5) is 8.78 Å². The standard InChI is InChI=1S/C20H11ClF2/c21-19-7-2-1-5-16(19)15-6-3-4-12-9-18-13(10-17(12)15)8-14(22)11-20(18)23/h1-11H. The third kappa shape index (κ3) is 2.36. The molecule has 3 heteroatoms. The molecule has 4 aromatic carbocycles. The smallest absolute Gasteiger partial charge is 0.133 e. The van der Waals surface area contributed by atoms with E-state index >= 15 is 0 Å². The van der Waals surface area contributed by atoms with E-state index in [1.807, 2.05) is 48.5 Å². The van der Waals surface area contributed by atoms with Crippen molar-refractivity contribution >= 4 is 33.1 Å². The zero-order valence-corrected chi connectivity index (χ0v) is 12.7. The van der Waals surface area contributed by atoms with Gasteiger partial charge >= 0.3 is 0 Å². The van der Waals surface area contributed by atoms with Crippen molar-refractivity contribution in [2.75, 3.05) is 0 Å². The lowest BCUT2D eigenvalue weighted by molar-refractivity contribution is 0.592. The highest BCUT2D eigenvalue weighted by Gasteiger charge is 2.10. The monoisotopic (exact) mass is 324 g/mol. The van der Waals surface area contributed by atoms with Crippen molar-refractivity contribution in [3.63, 3.8) is 0 Å². The van der Waals surface area contributed by atoms with E-state index in [0.29, 0.717) is 15.8 Å². The molecule has 112 valence electrons. The molecule has 0 heterocycles. The molecule has 0 saturated carbocycles. The van der Waals surface area contributed by atoms with Crippen LogP contribution in [0.3, 0.4) is 0 Å². The van der Waals surface area contributed by atoms with Crippen LogP contribution in [0.1, 0.15) is 0 Å². The number of hydrogen-bond donors (Lipinski definition) is 0. The maximum absolute atomic E-state index is 14.0. The molecular formula is C20H11ClF2. The molecule has 0 aromatic heterocycles. The first-order valence-corrected chi connectivity index (χ1v) is 7.58. The van der Waals surface area contributed by atoms with Gasteiger partial charge < -0.3 is 0 Å². The Balaban J connectivity index is 2.11. The van der Waals surface area contributed by atoms with Gasteiger partial charge in [-0.05, 0) is 46.0 Å². The predicted octanol–water partition coefficient (Wildman–Crippen LogP) is 6.59. The Hall–Kier alpha value is -2.45. The highest BCUT2D eigenvalue weighted by atomic mass is 35.5. The van der Waals surface area contributed by atoms with Crippen molar-refractivity contribution in [3.05, 3.63) is 83.4 Å². The Morgan fingerprint density at radius 2 is 1.39 bits per heavy atom. The molecule has 0 spiro atoms. The summed E-state index contributed by atoms with van der Waals surface area (Å²) in [5.74, 6) is -1.13. The van der Waals surface area contributed by atoms with Crippen molar-refractivity contribution in [1.29, 1.82) is 0 Å². The van der Waals surface area contributed by atoms with Crippen molar-refractivity contribution in [1.82, 2.24) is 0 Å². The summed E-state index contributed by atoms with van der Waals surface area (Å²) in [5, 5.41) is 3.40. The van der Waals surface area contributed by atoms with Gasteiger partial charge in [-0.15, -0.1) is 0 Å². The molecule has 0 unspecified atom stereocenters. The van der Waals surface area contributed by atoms with Gasteiger partial charge in [0.2, 0.25) is 0 Å². The van der Waals surface area contributed by atoms with Crippen molar-refractivity contribution in [2.24, 2.45) is 0 Å². The lowest BCUT2D eigenvalue weighted by Crippen LogP contribution is -1.87. The van der Waals surface area contributed by atoms with Crippen molar-refractivity contribution in [2.45, 2.75) is 0 Å². The van der Waals surface area contributed by atoms with E-state index in [1.165, 1.54) is 6.07 Å². The first-order chi connectivity index (χ1) is 11.1. The zero-order chi connectivity index (χ0) is 16.0. The summed E-state index contributed by atoms with van der Waals surface area (Å²) in [7, 11) is 0. The molecule has 0 N–H and O–H groups in total. The third-order valence-electron chi connectivity index (χ3n) is 4.03. The van der Waals surface area contributed by atoms with E-state index in [4.69, 9.17) is 11.6 Å². The summed E-state index contributed by atoms with van der Waals surface area (Å²) in [4.78, 5) is 0. The largest absolute Gasteiger partial charge is 0.207 e. The summed E-state index contributed by atoms with van der Waals surface area (Å²) in [6.07, 6.45) is 0. The average Bonchev–Trinajstić information content (AvgIpc) is 2.53. The van der Waals surface area contributed by atoms with E-state index in [2.05, 4.69) is 0 Å². The van der Waals surface area contributed by atoms with Crippen molar-refractivity contribution in [3.8, 4) is 11.1 Å². The van der Waals surface area contributed by atoms with E-state index in [0.717, 1.165) is 28.0 Å². The Kier molecular flexibility index (Phi) is 3.28. The molecule has 4 rings (SSSR count). The Labute approximate surface area is 136 Å². The molecular weight excluding hydrogens is 314 g/mol. The molecule has 0 amide bonds. The summed E-state index contributed by atoms with van der Waals surface area (Å²) in [6.45, 7) is 0. The molecule has 0 atom stereocenters. The average molecular weight is 325 g/mol. The third-order valence-corrected chi connectivity index (χ3v) is 4.36. The van der Waals surface area contributed by atoms with E-state index in [9.17, 15) is 8.78 Å². The molecule has 0 fully saturated rings. The van der Waals surface area contributed by atoms with Crippen LogP contribution in [0.25, 0.3) is 32.7 Å². The lowest BCUT2D eigenvalue weighted by Gasteiger charge is -2.10. The molecule has 0 nitrogen and oxygen atoms in total. The molecule has 4 aromatic rings. The fourth-order valence-corrected chi connectivity index (χ4v) is 3.21. The summed E-state index contributed by atoms with van der Waals surface area (Å²) in [6, 6.07) is 19.2. The fourth-order valence-electron chi connectivity index (χ4n) is 2.97. The summed E-state index contributed by atoms with van der Waals surface area (Å²) < 4.78 is 27.5. The van der Waals surface area contributed by atoms with Gasteiger partial charge in [0.05, 0.1) is 0 Å². The van der Waals surface area contributed by atoms with E-state index in [1.54, 1.807) is 6.07 Å². The Morgan fingerprint density at radius 1 is 0.652 bits per heavy atom. The van der Waals surface area contributed by atoms with Gasteiger partial charge in [-0.1, -0.05) is 48.0 Å². The number of hydrogen-bond acceptors (Lipinski definition) is 0. The molecule has 0 bridgehead atoms. The van der Waals surface area contributed by atoms with Crippen molar-refractivity contribution < 1.29 is 8.78 Å². The SMILES string of the molecule is Fc1cc(F)c2cc3cccc(-c4ccccc4Cl)c3cc2c1. The normalized spacial score (nSPS) is 11.3. The van der Waals surface area contributed by atoms with Gasteiger partial charge in [-0.25, -0.2) is 8.78 Å². The van der Waals surface area contributed by atoms with Crippen LogP contribution in [0.15, 0.2) is 66.7 Å². The number of rotatable bonds is 1. The predicted molar refractivity (Wildman–Crippen MR) is 91.8 cm³/mol. The molecule has 0 saturated heterocycles. The molecule has 0 radical (unpaired) electrons. The minimum absolute atomic E-state index is 0.412. The summed E-state index contributed by atoms with van der Waals surface area (Å²) >= 11 is 6.31. The van der Waals surface area contributed by atoms with Gasteiger partial charge in [0, 0.05) is 22.0 Å². The zero-order valence-electron chi connectivity index (χ0n) is 12.0. The summed E-state index contributed by atoms with van der Waals surface area (Å²) in [5.41, 5.74) is 1.84. The Morgan fingerprint density at radius 3 is 2.22 bits per heavy atom. The second kappa shape index (κ2) is 5.32.